The predicted octanol–water partition coefficient (Wildman–Crippen LogP) is 4.62. The van der Waals surface area contributed by atoms with Gasteiger partial charge in [-0.2, -0.15) is 0 Å². The van der Waals surface area contributed by atoms with E-state index in [0.29, 0.717) is 23.9 Å². The number of benzene rings is 1. The molecule has 2 rings (SSSR count). The minimum absolute atomic E-state index is 0.166. The molecule has 2 amide bonds. The second kappa shape index (κ2) is 10.5. The maximum Gasteiger partial charge on any atom is 0.412 e. The summed E-state index contributed by atoms with van der Waals surface area (Å²) < 4.78 is 11.1. The zero-order valence-corrected chi connectivity index (χ0v) is 19.3. The van der Waals surface area contributed by atoms with Gasteiger partial charge >= 0.3 is 6.09 Å². The van der Waals surface area contributed by atoms with Gasteiger partial charge in [0.1, 0.15) is 17.0 Å². The molecule has 1 aliphatic rings. The van der Waals surface area contributed by atoms with Gasteiger partial charge in [0.15, 0.2) is 0 Å². The van der Waals surface area contributed by atoms with Gasteiger partial charge in [0.25, 0.3) is 0 Å². The third-order valence-corrected chi connectivity index (χ3v) is 5.71. The second-order valence-electron chi connectivity index (χ2n) is 8.20. The van der Waals surface area contributed by atoms with E-state index in [1.165, 1.54) is 0 Å². The fourth-order valence-corrected chi connectivity index (χ4v) is 4.40. The summed E-state index contributed by atoms with van der Waals surface area (Å²) in [6, 6.07) is 6.73. The highest BCUT2D eigenvalue weighted by molar-refractivity contribution is 7.99. The summed E-state index contributed by atoms with van der Waals surface area (Å²) in [6.07, 6.45) is 0.391. The van der Waals surface area contributed by atoms with E-state index in [4.69, 9.17) is 21.1 Å². The Morgan fingerprint density at radius 3 is 2.52 bits per heavy atom. The molecule has 162 valence electrons. The van der Waals surface area contributed by atoms with E-state index in [-0.39, 0.29) is 17.4 Å². The molecule has 0 saturated carbocycles. The first-order valence-electron chi connectivity index (χ1n) is 9.86. The van der Waals surface area contributed by atoms with Crippen LogP contribution in [0.1, 0.15) is 52.0 Å². The van der Waals surface area contributed by atoms with Crippen LogP contribution in [-0.4, -0.2) is 53.6 Å². The van der Waals surface area contributed by atoms with Gasteiger partial charge in [0.2, 0.25) is 5.91 Å². The van der Waals surface area contributed by atoms with Gasteiger partial charge in [-0.1, -0.05) is 23.7 Å². The predicted molar refractivity (Wildman–Crippen MR) is 117 cm³/mol. The molecule has 1 saturated heterocycles. The van der Waals surface area contributed by atoms with Crippen molar-refractivity contribution in [3.05, 3.63) is 34.9 Å². The Labute approximate surface area is 182 Å². The summed E-state index contributed by atoms with van der Waals surface area (Å²) in [5.41, 5.74) is 0.260. The van der Waals surface area contributed by atoms with Crippen LogP contribution in [0.2, 0.25) is 5.02 Å². The largest absolute Gasteiger partial charge is 0.444 e. The number of thioether (sulfide) groups is 1. The number of rotatable bonds is 7. The van der Waals surface area contributed by atoms with E-state index in [1.807, 2.05) is 46.8 Å². The molecule has 1 fully saturated rings. The smallest absolute Gasteiger partial charge is 0.412 e. The Bertz CT molecular complexity index is 691. The Morgan fingerprint density at radius 2 is 1.93 bits per heavy atom. The SMILES string of the molecule is CC(C)OCCCNC(=O)C1CSC(c2ccc(Cl)cc2)N1C(=O)OC(C)(C)C. The molecule has 1 N–H and O–H groups in total. The van der Waals surface area contributed by atoms with Crippen molar-refractivity contribution < 1.29 is 19.1 Å². The molecule has 0 spiro atoms. The number of carbonyl (C=O) groups excluding carboxylic acids is 2. The molecule has 0 bridgehead atoms. The van der Waals surface area contributed by atoms with Crippen molar-refractivity contribution in [1.29, 1.82) is 0 Å². The maximum absolute atomic E-state index is 12.9. The van der Waals surface area contributed by atoms with Crippen molar-refractivity contribution >= 4 is 35.4 Å². The van der Waals surface area contributed by atoms with Gasteiger partial charge in [-0.25, -0.2) is 4.79 Å². The Hall–Kier alpha value is -1.44. The molecule has 0 radical (unpaired) electrons. The number of hydrogen-bond acceptors (Lipinski definition) is 5. The number of hydrogen-bond donors (Lipinski definition) is 1. The Morgan fingerprint density at radius 1 is 1.28 bits per heavy atom. The van der Waals surface area contributed by atoms with Crippen molar-refractivity contribution in [3.63, 3.8) is 0 Å². The topological polar surface area (TPSA) is 67.9 Å². The van der Waals surface area contributed by atoms with E-state index in [0.717, 1.165) is 12.0 Å². The molecule has 0 aliphatic carbocycles. The maximum atomic E-state index is 12.9. The standard InChI is InChI=1S/C21H31ClN2O4S/c1-14(2)27-12-6-11-23-18(25)17-13-29-19(15-7-9-16(22)10-8-15)24(17)20(26)28-21(3,4)5/h7-10,14,17,19H,6,11-13H2,1-5H3,(H,23,25). The first-order valence-corrected chi connectivity index (χ1v) is 11.3. The van der Waals surface area contributed by atoms with Crippen LogP contribution in [-0.2, 0) is 14.3 Å². The summed E-state index contributed by atoms with van der Waals surface area (Å²) in [7, 11) is 0. The van der Waals surface area contributed by atoms with E-state index in [9.17, 15) is 9.59 Å². The van der Waals surface area contributed by atoms with E-state index in [1.54, 1.807) is 28.8 Å². The van der Waals surface area contributed by atoms with Crippen LogP contribution >= 0.6 is 23.4 Å². The number of halogens is 1. The number of nitrogens with one attached hydrogen (secondary N) is 1. The van der Waals surface area contributed by atoms with Crippen LogP contribution in [0.15, 0.2) is 24.3 Å². The summed E-state index contributed by atoms with van der Waals surface area (Å²) in [4.78, 5) is 27.3. The fraction of sp³-hybridized carbons (Fsp3) is 0.619. The van der Waals surface area contributed by atoms with Crippen molar-refractivity contribution in [3.8, 4) is 0 Å². The summed E-state index contributed by atoms with van der Waals surface area (Å²) in [5.74, 6) is 0.324. The third kappa shape index (κ3) is 7.39. The molecular formula is C21H31ClN2O4S. The van der Waals surface area contributed by atoms with E-state index in [2.05, 4.69) is 5.32 Å². The highest BCUT2D eigenvalue weighted by atomic mass is 35.5. The summed E-state index contributed by atoms with van der Waals surface area (Å²) in [6.45, 7) is 10.5. The number of carbonyl (C=O) groups is 2. The van der Waals surface area contributed by atoms with Crippen molar-refractivity contribution in [1.82, 2.24) is 10.2 Å². The number of amides is 2. The van der Waals surface area contributed by atoms with Gasteiger partial charge in [0, 0.05) is 23.9 Å². The molecule has 2 unspecified atom stereocenters. The lowest BCUT2D eigenvalue weighted by Gasteiger charge is -2.31. The second-order valence-corrected chi connectivity index (χ2v) is 9.75. The molecular weight excluding hydrogens is 412 g/mol. The molecule has 1 aromatic rings. The molecule has 1 aliphatic heterocycles. The summed E-state index contributed by atoms with van der Waals surface area (Å²) >= 11 is 7.54. The number of nitrogens with zero attached hydrogens (tertiary/aromatic N) is 1. The highest BCUT2D eigenvalue weighted by Gasteiger charge is 2.44. The molecule has 0 aromatic heterocycles. The average molecular weight is 443 g/mol. The minimum Gasteiger partial charge on any atom is -0.444 e. The first kappa shape index (κ1) is 23.8. The third-order valence-electron chi connectivity index (χ3n) is 4.13. The molecule has 2 atom stereocenters. The van der Waals surface area contributed by atoms with Crippen LogP contribution in [0.3, 0.4) is 0 Å². The van der Waals surface area contributed by atoms with Gasteiger partial charge in [0.05, 0.1) is 6.10 Å². The molecule has 1 heterocycles. The van der Waals surface area contributed by atoms with Crippen LogP contribution in [0.4, 0.5) is 4.79 Å². The number of ether oxygens (including phenoxy) is 2. The van der Waals surface area contributed by atoms with Crippen molar-refractivity contribution in [2.45, 2.75) is 64.2 Å². The zero-order valence-electron chi connectivity index (χ0n) is 17.7. The van der Waals surface area contributed by atoms with Crippen LogP contribution in [0.5, 0.6) is 0 Å². The Kier molecular flexibility index (Phi) is 8.67. The fourth-order valence-electron chi connectivity index (χ4n) is 2.85. The first-order chi connectivity index (χ1) is 13.6. The van der Waals surface area contributed by atoms with Crippen LogP contribution in [0.25, 0.3) is 0 Å². The van der Waals surface area contributed by atoms with Gasteiger partial charge in [-0.15, -0.1) is 11.8 Å². The normalized spacial score (nSPS) is 19.5. The minimum atomic E-state index is -0.649. The molecule has 8 heteroatoms. The monoisotopic (exact) mass is 442 g/mol. The van der Waals surface area contributed by atoms with Crippen LogP contribution < -0.4 is 5.32 Å². The lowest BCUT2D eigenvalue weighted by atomic mass is 10.1. The molecule has 6 nitrogen and oxygen atoms in total. The zero-order chi connectivity index (χ0) is 21.6. The van der Waals surface area contributed by atoms with Gasteiger partial charge < -0.3 is 14.8 Å². The van der Waals surface area contributed by atoms with Crippen molar-refractivity contribution in [2.75, 3.05) is 18.9 Å². The highest BCUT2D eigenvalue weighted by Crippen LogP contribution is 2.42. The Balaban J connectivity index is 2.09. The van der Waals surface area contributed by atoms with Gasteiger partial charge in [-0.3, -0.25) is 9.69 Å². The van der Waals surface area contributed by atoms with Crippen LogP contribution in [0, 0.1) is 0 Å². The lowest BCUT2D eigenvalue weighted by molar-refractivity contribution is -0.125. The van der Waals surface area contributed by atoms with E-state index >= 15 is 0 Å². The van der Waals surface area contributed by atoms with Crippen molar-refractivity contribution in [2.24, 2.45) is 0 Å². The molecule has 29 heavy (non-hydrogen) atoms. The van der Waals surface area contributed by atoms with E-state index < -0.39 is 17.7 Å². The van der Waals surface area contributed by atoms with Gasteiger partial charge in [-0.05, 0) is 58.7 Å². The average Bonchev–Trinajstić information content (AvgIpc) is 3.05. The molecule has 1 aromatic carbocycles. The quantitative estimate of drug-likeness (QED) is 0.624. The lowest BCUT2D eigenvalue weighted by Crippen LogP contribution is -2.49. The summed E-state index contributed by atoms with van der Waals surface area (Å²) in [5, 5.41) is 3.24.